The first-order valence-electron chi connectivity index (χ1n) is 23.2. The molecule has 64 heavy (non-hydrogen) atoms. The fourth-order valence-corrected chi connectivity index (χ4v) is 11.5. The molecular formula is C60H48N4. The maximum Gasteiger partial charge on any atom is 0.231 e. The molecule has 5 aliphatic carbocycles. The normalized spacial score (nSPS) is 22.3. The van der Waals surface area contributed by atoms with Gasteiger partial charge >= 0.3 is 0 Å². The molecule has 13 rings (SSSR count). The van der Waals surface area contributed by atoms with Crippen molar-refractivity contribution in [3.63, 3.8) is 0 Å². The molecule has 4 atom stereocenters. The van der Waals surface area contributed by atoms with Gasteiger partial charge in [0.15, 0.2) is 0 Å². The van der Waals surface area contributed by atoms with Gasteiger partial charge in [-0.1, -0.05) is 164 Å². The average Bonchev–Trinajstić information content (AvgIpc) is 3.89. The van der Waals surface area contributed by atoms with Crippen molar-refractivity contribution in [1.29, 1.82) is 0 Å². The second kappa shape index (κ2) is 15.2. The Hall–Kier alpha value is -7.30. The lowest BCUT2D eigenvalue weighted by Crippen LogP contribution is -2.30. The lowest BCUT2D eigenvalue weighted by Gasteiger charge is -2.29. The maximum atomic E-state index is 5.49. The Labute approximate surface area is 374 Å². The minimum atomic E-state index is 0.0520. The van der Waals surface area contributed by atoms with Crippen molar-refractivity contribution in [2.45, 2.75) is 62.4 Å². The zero-order chi connectivity index (χ0) is 42.1. The average molecular weight is 825 g/mol. The summed E-state index contributed by atoms with van der Waals surface area (Å²) in [6, 6.07) is 36.5. The molecule has 3 heterocycles. The van der Waals surface area contributed by atoms with Gasteiger partial charge in [-0.2, -0.15) is 0 Å². The van der Waals surface area contributed by atoms with Crippen LogP contribution >= 0.6 is 0 Å². The monoisotopic (exact) mass is 824 g/mol. The van der Waals surface area contributed by atoms with Crippen LogP contribution in [0.5, 0.6) is 0 Å². The fraction of sp³-hybridized carbons (Fsp3) is 0.167. The number of hydrogen-bond donors (Lipinski definition) is 0. The van der Waals surface area contributed by atoms with Gasteiger partial charge < -0.3 is 9.47 Å². The van der Waals surface area contributed by atoms with E-state index < -0.39 is 0 Å². The van der Waals surface area contributed by atoms with Crippen molar-refractivity contribution in [2.24, 2.45) is 0 Å². The molecular weight excluding hydrogens is 777 g/mol. The molecule has 4 heteroatoms. The Morgan fingerprint density at radius 1 is 0.562 bits per heavy atom. The lowest BCUT2D eigenvalue weighted by atomic mass is 9.85. The number of rotatable bonds is 6. The number of fused-ring (bicyclic) bond motifs is 9. The second-order valence-electron chi connectivity index (χ2n) is 18.1. The van der Waals surface area contributed by atoms with Gasteiger partial charge in [0.1, 0.15) is 0 Å². The van der Waals surface area contributed by atoms with Gasteiger partial charge in [0.05, 0.1) is 28.8 Å². The number of nitrogens with zero attached hydrogens (tertiary/aromatic N) is 4. The third-order valence-electron chi connectivity index (χ3n) is 14.6. The van der Waals surface area contributed by atoms with Crippen molar-refractivity contribution < 1.29 is 0 Å². The number of para-hydroxylation sites is 2. The Morgan fingerprint density at radius 3 is 2.19 bits per heavy atom. The van der Waals surface area contributed by atoms with E-state index >= 15 is 0 Å². The fourth-order valence-electron chi connectivity index (χ4n) is 11.5. The van der Waals surface area contributed by atoms with Crippen LogP contribution in [0.15, 0.2) is 205 Å². The quantitative estimate of drug-likeness (QED) is 0.167. The molecule has 0 N–H and O–H groups in total. The van der Waals surface area contributed by atoms with E-state index in [0.29, 0.717) is 5.92 Å². The highest BCUT2D eigenvalue weighted by Gasteiger charge is 2.40. The number of aromatic nitrogens is 3. The Bertz CT molecular complexity index is 3430. The minimum Gasteiger partial charge on any atom is -0.333 e. The van der Waals surface area contributed by atoms with Crippen LogP contribution in [0.2, 0.25) is 0 Å². The van der Waals surface area contributed by atoms with Crippen molar-refractivity contribution in [2.75, 3.05) is 4.90 Å². The summed E-state index contributed by atoms with van der Waals surface area (Å²) in [6.07, 6.45) is 43.1. The van der Waals surface area contributed by atoms with Crippen LogP contribution < -0.4 is 4.90 Å². The van der Waals surface area contributed by atoms with Crippen LogP contribution in [0.25, 0.3) is 54.6 Å². The van der Waals surface area contributed by atoms with Crippen molar-refractivity contribution in [3.05, 3.63) is 228 Å². The molecule has 308 valence electrons. The molecule has 2 aromatic heterocycles. The van der Waals surface area contributed by atoms with Crippen LogP contribution in [0.1, 0.15) is 78.8 Å². The van der Waals surface area contributed by atoms with E-state index in [1.807, 2.05) is 0 Å². The molecule has 0 fully saturated rings. The lowest BCUT2D eigenvalue weighted by molar-refractivity contribution is 0.647. The molecule has 0 radical (unpaired) electrons. The Morgan fingerprint density at radius 2 is 1.36 bits per heavy atom. The second-order valence-corrected chi connectivity index (χ2v) is 18.1. The van der Waals surface area contributed by atoms with E-state index in [2.05, 4.69) is 204 Å². The zero-order valence-corrected chi connectivity index (χ0v) is 35.8. The summed E-state index contributed by atoms with van der Waals surface area (Å²) < 4.78 is 2.61. The van der Waals surface area contributed by atoms with Gasteiger partial charge in [0.25, 0.3) is 0 Å². The zero-order valence-electron chi connectivity index (χ0n) is 35.8. The molecule has 1 aliphatic heterocycles. The van der Waals surface area contributed by atoms with E-state index in [0.717, 1.165) is 61.1 Å². The van der Waals surface area contributed by atoms with E-state index in [9.17, 15) is 0 Å². The number of anilines is 2. The first kappa shape index (κ1) is 37.3. The first-order valence-corrected chi connectivity index (χ1v) is 23.2. The van der Waals surface area contributed by atoms with Crippen LogP contribution in [-0.4, -0.2) is 20.6 Å². The molecule has 0 spiro atoms. The van der Waals surface area contributed by atoms with Gasteiger partial charge in [-0.25, -0.2) is 9.97 Å². The summed E-state index contributed by atoms with van der Waals surface area (Å²) in [4.78, 5) is 13.2. The summed E-state index contributed by atoms with van der Waals surface area (Å²) in [5, 5.41) is 6.44. The third-order valence-corrected chi connectivity index (χ3v) is 14.6. The summed E-state index contributed by atoms with van der Waals surface area (Å²) in [7, 11) is 0. The highest BCUT2D eigenvalue weighted by molar-refractivity contribution is 6.22. The summed E-state index contributed by atoms with van der Waals surface area (Å²) in [5.41, 5.74) is 15.2. The van der Waals surface area contributed by atoms with E-state index in [4.69, 9.17) is 9.97 Å². The summed E-state index contributed by atoms with van der Waals surface area (Å²) in [6.45, 7) is 0. The molecule has 4 unspecified atom stereocenters. The topological polar surface area (TPSA) is 34.0 Å². The summed E-state index contributed by atoms with van der Waals surface area (Å²) >= 11 is 0. The molecule has 6 aliphatic rings. The van der Waals surface area contributed by atoms with Crippen molar-refractivity contribution in [1.82, 2.24) is 14.5 Å². The standard InChI is InChI=1S/C60H48N4/c1-4-16-39(17-5-1)40-28-30-42(31-29-40)59-49-25-12-14-26-53(49)61-60(62-59)64-54-27-15-13-23-47(54)51-36-43(32-34-55(51)64)44-33-35-56-52(37-44)58-48-24-11-10-22-46(48)50(41-18-6-2-7-19-41)38-57(58)63(56)45-20-8-3-9-21-45/h1-4,6-16,18,20,22-28,30,32-38,41,45,51,55H,5,17,19,21,29,31H2. The van der Waals surface area contributed by atoms with Gasteiger partial charge in [-0.15, -0.1) is 0 Å². The molecule has 4 nitrogen and oxygen atoms in total. The highest BCUT2D eigenvalue weighted by atomic mass is 15.3. The van der Waals surface area contributed by atoms with Crippen LogP contribution in [0.3, 0.4) is 0 Å². The van der Waals surface area contributed by atoms with Crippen molar-refractivity contribution >= 4 is 66.3 Å². The van der Waals surface area contributed by atoms with E-state index in [-0.39, 0.29) is 18.0 Å². The molecule has 5 aromatic carbocycles. The minimum absolute atomic E-state index is 0.0520. The number of benzene rings is 5. The largest absolute Gasteiger partial charge is 0.333 e. The third kappa shape index (κ3) is 6.03. The SMILES string of the molecule is C1=CCCC(C2=CC=C(c3nc(N4c5ccccc5C5C=C(c6ccc7c(c6)c6c8ccccc8c(C8C=CC=CC8)cc6n7C6C=CC=CC6)C=CC54)nc4ccccc34)CC2)=C1. The molecule has 0 amide bonds. The van der Waals surface area contributed by atoms with Crippen LogP contribution in [0.4, 0.5) is 11.6 Å². The smallest absolute Gasteiger partial charge is 0.231 e. The summed E-state index contributed by atoms with van der Waals surface area (Å²) in [5.74, 6) is 1.26. The number of hydrogen-bond acceptors (Lipinski definition) is 3. The van der Waals surface area contributed by atoms with Gasteiger partial charge in [-0.05, 0) is 119 Å². The van der Waals surface area contributed by atoms with Crippen LogP contribution in [-0.2, 0) is 0 Å². The molecule has 7 aromatic rings. The van der Waals surface area contributed by atoms with Gasteiger partial charge in [0, 0.05) is 39.2 Å². The molecule has 0 saturated heterocycles. The van der Waals surface area contributed by atoms with Gasteiger partial charge in [-0.3, -0.25) is 0 Å². The predicted octanol–water partition coefficient (Wildman–Crippen LogP) is 15.2. The van der Waals surface area contributed by atoms with Gasteiger partial charge in [0.2, 0.25) is 5.95 Å². The number of allylic oxidation sites excluding steroid dienone is 18. The maximum absolute atomic E-state index is 5.49. The van der Waals surface area contributed by atoms with E-state index in [1.54, 1.807) is 0 Å². The molecule has 0 bridgehead atoms. The Balaban J connectivity index is 0.917. The van der Waals surface area contributed by atoms with Crippen LogP contribution in [0, 0.1) is 0 Å². The van der Waals surface area contributed by atoms with Crippen molar-refractivity contribution in [3.8, 4) is 0 Å². The first-order chi connectivity index (χ1) is 31.7. The van der Waals surface area contributed by atoms with E-state index in [1.165, 1.54) is 77.2 Å². The molecule has 0 saturated carbocycles. The predicted molar refractivity (Wildman–Crippen MR) is 268 cm³/mol. The highest BCUT2D eigenvalue weighted by Crippen LogP contribution is 2.50. The Kier molecular flexibility index (Phi) is 8.85.